The lowest BCUT2D eigenvalue weighted by atomic mass is 9.97. The summed E-state index contributed by atoms with van der Waals surface area (Å²) in [7, 11) is 2.07. The fraction of sp³-hybridized carbons (Fsp3) is 0.125. The topological polar surface area (TPSA) is 67.3 Å². The van der Waals surface area contributed by atoms with Crippen molar-refractivity contribution < 1.29 is 0 Å². The van der Waals surface area contributed by atoms with Gasteiger partial charge >= 0.3 is 0 Å². The van der Waals surface area contributed by atoms with Gasteiger partial charge in [0.25, 0.3) is 0 Å². The van der Waals surface area contributed by atoms with Gasteiger partial charge in [-0.15, -0.1) is 0 Å². The van der Waals surface area contributed by atoms with E-state index >= 15 is 0 Å². The lowest BCUT2D eigenvalue weighted by Crippen LogP contribution is -2.28. The summed E-state index contributed by atoms with van der Waals surface area (Å²) in [6, 6.07) is 16.3. The second-order valence-corrected chi connectivity index (χ2v) is 4.96. The Bertz CT molecular complexity index is 676. The minimum Gasteiger partial charge on any atom is -0.396 e. The fourth-order valence-electron chi connectivity index (χ4n) is 2.71. The van der Waals surface area contributed by atoms with Crippen LogP contribution in [0.1, 0.15) is 16.7 Å². The van der Waals surface area contributed by atoms with E-state index in [1.54, 1.807) is 0 Å². The van der Waals surface area contributed by atoms with Crippen molar-refractivity contribution in [1.82, 2.24) is 5.43 Å². The molecule has 3 rings (SSSR count). The zero-order valence-corrected chi connectivity index (χ0v) is 11.4. The smallest absolute Gasteiger partial charge is 0.0816 e. The van der Waals surface area contributed by atoms with Crippen LogP contribution in [-0.2, 0) is 6.54 Å². The van der Waals surface area contributed by atoms with E-state index in [1.807, 2.05) is 36.4 Å². The average Bonchev–Trinajstić information content (AvgIpc) is 2.48. The molecule has 20 heavy (non-hydrogen) atoms. The largest absolute Gasteiger partial charge is 0.396 e. The molecule has 0 amide bonds. The summed E-state index contributed by atoms with van der Waals surface area (Å²) in [4.78, 5) is 2.21. The SMILES string of the molecule is CN1Cc2ccccc2/C(N)=C(/NN)c2ccccc21. The number of nitrogens with two attached hydrogens (primary N) is 2. The van der Waals surface area contributed by atoms with Gasteiger partial charge in [-0.2, -0.15) is 0 Å². The number of para-hydroxylation sites is 1. The second kappa shape index (κ2) is 4.90. The van der Waals surface area contributed by atoms with Crippen LogP contribution in [-0.4, -0.2) is 7.05 Å². The summed E-state index contributed by atoms with van der Waals surface area (Å²) >= 11 is 0. The van der Waals surface area contributed by atoms with Gasteiger partial charge in [0, 0.05) is 30.4 Å². The zero-order valence-electron chi connectivity index (χ0n) is 11.4. The predicted octanol–water partition coefficient (Wildman–Crippen LogP) is 1.88. The van der Waals surface area contributed by atoms with Gasteiger partial charge in [0.05, 0.1) is 11.4 Å². The maximum absolute atomic E-state index is 6.35. The van der Waals surface area contributed by atoms with Gasteiger partial charge in [-0.25, -0.2) is 0 Å². The van der Waals surface area contributed by atoms with Crippen LogP contribution in [0.5, 0.6) is 0 Å². The number of benzene rings is 2. The van der Waals surface area contributed by atoms with Gasteiger partial charge in [0.15, 0.2) is 0 Å². The summed E-state index contributed by atoms with van der Waals surface area (Å²) in [5.74, 6) is 5.73. The second-order valence-electron chi connectivity index (χ2n) is 4.96. The molecule has 0 spiro atoms. The number of hydrogen-bond acceptors (Lipinski definition) is 4. The summed E-state index contributed by atoms with van der Waals surface area (Å²) in [6.07, 6.45) is 0. The van der Waals surface area contributed by atoms with Crippen molar-refractivity contribution in [2.75, 3.05) is 11.9 Å². The van der Waals surface area contributed by atoms with Crippen LogP contribution in [0.15, 0.2) is 48.5 Å². The molecule has 0 atom stereocenters. The predicted molar refractivity (Wildman–Crippen MR) is 83.3 cm³/mol. The number of hydrogen-bond donors (Lipinski definition) is 3. The van der Waals surface area contributed by atoms with Crippen LogP contribution in [0.25, 0.3) is 11.4 Å². The number of hydrazine groups is 1. The molecule has 102 valence electrons. The molecular weight excluding hydrogens is 248 g/mol. The van der Waals surface area contributed by atoms with E-state index in [1.165, 1.54) is 5.56 Å². The van der Waals surface area contributed by atoms with Crippen LogP contribution < -0.4 is 21.9 Å². The third-order valence-electron chi connectivity index (χ3n) is 3.71. The van der Waals surface area contributed by atoms with Gasteiger partial charge in [0.2, 0.25) is 0 Å². The van der Waals surface area contributed by atoms with Crippen molar-refractivity contribution in [1.29, 1.82) is 0 Å². The molecule has 1 aliphatic heterocycles. The van der Waals surface area contributed by atoms with E-state index in [9.17, 15) is 0 Å². The number of fused-ring (bicyclic) bond motifs is 2. The summed E-state index contributed by atoms with van der Waals surface area (Å²) < 4.78 is 0. The molecule has 0 aromatic heterocycles. The van der Waals surface area contributed by atoms with Crippen LogP contribution in [0.2, 0.25) is 0 Å². The zero-order chi connectivity index (χ0) is 14.1. The Morgan fingerprint density at radius 2 is 1.65 bits per heavy atom. The van der Waals surface area contributed by atoms with Crippen molar-refractivity contribution in [2.24, 2.45) is 11.6 Å². The summed E-state index contributed by atoms with van der Waals surface area (Å²) in [6.45, 7) is 0.811. The van der Waals surface area contributed by atoms with E-state index in [0.29, 0.717) is 5.70 Å². The van der Waals surface area contributed by atoms with Crippen LogP contribution >= 0.6 is 0 Å². The first-order valence-corrected chi connectivity index (χ1v) is 6.57. The number of nitrogens with zero attached hydrogens (tertiary/aromatic N) is 1. The van der Waals surface area contributed by atoms with E-state index in [0.717, 1.165) is 29.1 Å². The Balaban J connectivity index is 2.32. The molecule has 4 nitrogen and oxygen atoms in total. The van der Waals surface area contributed by atoms with E-state index in [2.05, 4.69) is 29.5 Å². The van der Waals surface area contributed by atoms with Gasteiger partial charge in [-0.1, -0.05) is 42.5 Å². The standard InChI is InChI=1S/C16H18N4/c1-20-10-11-6-2-3-7-12(11)15(17)16(19-18)13-8-4-5-9-14(13)20/h2-9,19H,10,17-18H2,1H3/b16-15-. The quantitative estimate of drug-likeness (QED) is 0.544. The number of anilines is 1. The van der Waals surface area contributed by atoms with Gasteiger partial charge in [0.1, 0.15) is 0 Å². The molecular formula is C16H18N4. The lowest BCUT2D eigenvalue weighted by molar-refractivity contribution is 0.904. The Morgan fingerprint density at radius 3 is 2.40 bits per heavy atom. The molecule has 0 aliphatic carbocycles. The highest BCUT2D eigenvalue weighted by atomic mass is 15.2. The van der Waals surface area contributed by atoms with Crippen LogP contribution in [0.4, 0.5) is 5.69 Å². The Morgan fingerprint density at radius 1 is 1.00 bits per heavy atom. The number of nitrogens with one attached hydrogen (secondary N) is 1. The van der Waals surface area contributed by atoms with Crippen molar-refractivity contribution in [2.45, 2.75) is 6.54 Å². The van der Waals surface area contributed by atoms with Crippen molar-refractivity contribution >= 4 is 17.1 Å². The minimum absolute atomic E-state index is 0.684. The number of rotatable bonds is 1. The highest BCUT2D eigenvalue weighted by molar-refractivity contribution is 5.93. The van der Waals surface area contributed by atoms with Gasteiger partial charge < -0.3 is 16.1 Å². The molecule has 0 saturated heterocycles. The van der Waals surface area contributed by atoms with E-state index in [4.69, 9.17) is 11.6 Å². The Kier molecular flexibility index (Phi) is 3.08. The van der Waals surface area contributed by atoms with E-state index in [-0.39, 0.29) is 0 Å². The van der Waals surface area contributed by atoms with Crippen LogP contribution in [0.3, 0.4) is 0 Å². The van der Waals surface area contributed by atoms with Gasteiger partial charge in [-0.05, 0) is 11.6 Å². The molecule has 0 unspecified atom stereocenters. The molecule has 1 heterocycles. The molecule has 0 radical (unpaired) electrons. The van der Waals surface area contributed by atoms with Crippen molar-refractivity contribution in [3.05, 3.63) is 65.2 Å². The highest BCUT2D eigenvalue weighted by Gasteiger charge is 2.19. The summed E-state index contributed by atoms with van der Waals surface area (Å²) in [5, 5.41) is 0. The average molecular weight is 266 g/mol. The maximum atomic E-state index is 6.35. The molecule has 0 fully saturated rings. The highest BCUT2D eigenvalue weighted by Crippen LogP contribution is 2.33. The minimum atomic E-state index is 0.684. The molecule has 0 saturated carbocycles. The summed E-state index contributed by atoms with van der Waals surface area (Å²) in [5.41, 5.74) is 14.9. The van der Waals surface area contributed by atoms with E-state index < -0.39 is 0 Å². The first kappa shape index (κ1) is 12.6. The molecule has 2 aromatic rings. The molecule has 4 heteroatoms. The van der Waals surface area contributed by atoms with Crippen LogP contribution in [0, 0.1) is 0 Å². The lowest BCUT2D eigenvalue weighted by Gasteiger charge is -2.28. The molecule has 0 bridgehead atoms. The first-order valence-electron chi connectivity index (χ1n) is 6.57. The normalized spacial score (nSPS) is 17.8. The van der Waals surface area contributed by atoms with Crippen molar-refractivity contribution in [3.8, 4) is 0 Å². The Labute approximate surface area is 118 Å². The third-order valence-corrected chi connectivity index (χ3v) is 3.71. The monoisotopic (exact) mass is 266 g/mol. The molecule has 1 aliphatic rings. The fourth-order valence-corrected chi connectivity index (χ4v) is 2.71. The van der Waals surface area contributed by atoms with Crippen molar-refractivity contribution in [3.63, 3.8) is 0 Å². The van der Waals surface area contributed by atoms with Gasteiger partial charge in [-0.3, -0.25) is 5.84 Å². The molecule has 2 aromatic carbocycles. The Hall–Kier alpha value is -2.46. The maximum Gasteiger partial charge on any atom is 0.0816 e. The first-order chi connectivity index (χ1) is 9.72. The molecule has 5 N–H and O–H groups in total. The third kappa shape index (κ3) is 1.90.